The third-order valence-electron chi connectivity index (χ3n) is 2.74. The van der Waals surface area contributed by atoms with Crippen LogP contribution in [0.15, 0.2) is 4.52 Å². The highest BCUT2D eigenvalue weighted by Gasteiger charge is 2.13. The third-order valence-corrected chi connectivity index (χ3v) is 2.74. The van der Waals surface area contributed by atoms with E-state index in [0.717, 1.165) is 25.0 Å². The molecule has 0 atom stereocenters. The quantitative estimate of drug-likeness (QED) is 0.848. The summed E-state index contributed by atoms with van der Waals surface area (Å²) in [6.07, 6.45) is 2.62. The monoisotopic (exact) mass is 264 g/mol. The van der Waals surface area contributed by atoms with Crippen LogP contribution >= 0.6 is 0 Å². The van der Waals surface area contributed by atoms with Crippen molar-refractivity contribution in [3.8, 4) is 0 Å². The predicted molar refractivity (Wildman–Crippen MR) is 70.4 cm³/mol. The molecule has 0 amide bonds. The van der Waals surface area contributed by atoms with Gasteiger partial charge in [0, 0.05) is 6.42 Å². The van der Waals surface area contributed by atoms with E-state index in [0.29, 0.717) is 30.0 Å². The molecule has 7 nitrogen and oxygen atoms in total. The molecule has 7 heteroatoms. The second-order valence-electron chi connectivity index (χ2n) is 5.03. The Balaban J connectivity index is 2.10. The van der Waals surface area contributed by atoms with E-state index >= 15 is 0 Å². The summed E-state index contributed by atoms with van der Waals surface area (Å²) in [6, 6.07) is 0. The number of hydrogen-bond acceptors (Lipinski definition) is 6. The van der Waals surface area contributed by atoms with E-state index in [1.807, 2.05) is 0 Å². The molecule has 2 aromatic heterocycles. The molecule has 0 fully saturated rings. The van der Waals surface area contributed by atoms with E-state index in [9.17, 15) is 0 Å². The lowest BCUT2D eigenvalue weighted by atomic mass is 10.1. The van der Waals surface area contributed by atoms with E-state index in [-0.39, 0.29) is 0 Å². The summed E-state index contributed by atoms with van der Waals surface area (Å²) >= 11 is 0. The zero-order valence-corrected chi connectivity index (χ0v) is 11.6. The standard InChI is InChI=1S/C12H20N6O/c1-4-5-9-12(13)15-17-18(9)7-10-14-11(19-16-10)6-8(2)3/h8H,4-7,13H2,1-3H3. The molecular weight excluding hydrogens is 244 g/mol. The number of anilines is 1. The van der Waals surface area contributed by atoms with Crippen LogP contribution in [0.1, 0.15) is 44.6 Å². The number of hydrogen-bond donors (Lipinski definition) is 1. The first-order chi connectivity index (χ1) is 9.10. The Labute approximate surface area is 112 Å². The SMILES string of the molecule is CCCc1c(N)nnn1Cc1noc(CC(C)C)n1. The van der Waals surface area contributed by atoms with Gasteiger partial charge in [-0.3, -0.25) is 0 Å². The third kappa shape index (κ3) is 3.30. The van der Waals surface area contributed by atoms with Gasteiger partial charge >= 0.3 is 0 Å². The Hall–Kier alpha value is -1.92. The normalized spacial score (nSPS) is 11.4. The van der Waals surface area contributed by atoms with Crippen LogP contribution in [0.4, 0.5) is 5.82 Å². The number of nitrogen functional groups attached to an aromatic ring is 1. The summed E-state index contributed by atoms with van der Waals surface area (Å²) < 4.78 is 6.94. The Kier molecular flexibility index (Phi) is 4.13. The van der Waals surface area contributed by atoms with Gasteiger partial charge in [-0.05, 0) is 12.3 Å². The molecule has 104 valence electrons. The minimum Gasteiger partial charge on any atom is -0.381 e. The van der Waals surface area contributed by atoms with Crippen molar-refractivity contribution in [2.24, 2.45) is 5.92 Å². The molecule has 0 saturated heterocycles. The van der Waals surface area contributed by atoms with E-state index < -0.39 is 0 Å². The summed E-state index contributed by atoms with van der Waals surface area (Å²) in [5.41, 5.74) is 6.72. The lowest BCUT2D eigenvalue weighted by molar-refractivity contribution is 0.357. The van der Waals surface area contributed by atoms with Crippen molar-refractivity contribution < 1.29 is 4.52 Å². The molecule has 0 unspecified atom stereocenters. The van der Waals surface area contributed by atoms with Crippen molar-refractivity contribution in [3.05, 3.63) is 17.4 Å². The summed E-state index contributed by atoms with van der Waals surface area (Å²) in [4.78, 5) is 4.35. The topological polar surface area (TPSA) is 95.7 Å². The number of rotatable bonds is 6. The van der Waals surface area contributed by atoms with Gasteiger partial charge in [0.15, 0.2) is 11.6 Å². The fourth-order valence-corrected chi connectivity index (χ4v) is 1.89. The Morgan fingerprint density at radius 2 is 2.16 bits per heavy atom. The second kappa shape index (κ2) is 5.81. The van der Waals surface area contributed by atoms with Crippen LogP contribution in [-0.2, 0) is 19.4 Å². The van der Waals surface area contributed by atoms with Crippen LogP contribution in [0.25, 0.3) is 0 Å². The van der Waals surface area contributed by atoms with E-state index in [2.05, 4.69) is 41.2 Å². The Morgan fingerprint density at radius 3 is 2.84 bits per heavy atom. The highest BCUT2D eigenvalue weighted by atomic mass is 16.5. The molecular formula is C12H20N6O. The molecule has 2 aromatic rings. The fourth-order valence-electron chi connectivity index (χ4n) is 1.89. The van der Waals surface area contributed by atoms with Gasteiger partial charge in [-0.25, -0.2) is 4.68 Å². The van der Waals surface area contributed by atoms with Crippen molar-refractivity contribution in [2.45, 2.75) is 46.6 Å². The molecule has 0 aromatic carbocycles. The molecule has 0 aliphatic carbocycles. The molecule has 2 rings (SSSR count). The van der Waals surface area contributed by atoms with Gasteiger partial charge in [-0.15, -0.1) is 5.10 Å². The van der Waals surface area contributed by atoms with E-state index in [1.54, 1.807) is 4.68 Å². The number of nitrogens with two attached hydrogens (primary N) is 1. The molecule has 2 heterocycles. The summed E-state index contributed by atoms with van der Waals surface area (Å²) in [5.74, 6) is 2.24. The summed E-state index contributed by atoms with van der Waals surface area (Å²) in [5, 5.41) is 11.9. The first kappa shape index (κ1) is 13.5. The predicted octanol–water partition coefficient (Wildman–Crippen LogP) is 1.44. The first-order valence-corrected chi connectivity index (χ1v) is 6.59. The van der Waals surface area contributed by atoms with Crippen LogP contribution in [0.5, 0.6) is 0 Å². The fraction of sp³-hybridized carbons (Fsp3) is 0.667. The van der Waals surface area contributed by atoms with Crippen molar-refractivity contribution in [3.63, 3.8) is 0 Å². The van der Waals surface area contributed by atoms with E-state index in [4.69, 9.17) is 10.3 Å². The number of nitrogens with zero attached hydrogens (tertiary/aromatic N) is 5. The minimum atomic E-state index is 0.446. The maximum absolute atomic E-state index is 5.79. The molecule has 2 N–H and O–H groups in total. The highest BCUT2D eigenvalue weighted by Crippen LogP contribution is 2.12. The lowest BCUT2D eigenvalue weighted by Gasteiger charge is -2.02. The lowest BCUT2D eigenvalue weighted by Crippen LogP contribution is -2.08. The van der Waals surface area contributed by atoms with Crippen LogP contribution in [0.3, 0.4) is 0 Å². The van der Waals surface area contributed by atoms with Crippen LogP contribution < -0.4 is 5.73 Å². The van der Waals surface area contributed by atoms with Gasteiger partial charge in [0.05, 0.1) is 5.69 Å². The van der Waals surface area contributed by atoms with Crippen molar-refractivity contribution >= 4 is 5.82 Å². The van der Waals surface area contributed by atoms with Crippen molar-refractivity contribution in [2.75, 3.05) is 5.73 Å². The average molecular weight is 264 g/mol. The summed E-state index contributed by atoms with van der Waals surface area (Å²) in [7, 11) is 0. The second-order valence-corrected chi connectivity index (χ2v) is 5.03. The van der Waals surface area contributed by atoms with Gasteiger partial charge in [-0.1, -0.05) is 37.6 Å². The minimum absolute atomic E-state index is 0.446. The maximum Gasteiger partial charge on any atom is 0.226 e. The van der Waals surface area contributed by atoms with E-state index in [1.165, 1.54) is 0 Å². The zero-order valence-electron chi connectivity index (χ0n) is 11.6. The van der Waals surface area contributed by atoms with Crippen molar-refractivity contribution in [1.29, 1.82) is 0 Å². The maximum atomic E-state index is 5.79. The highest BCUT2D eigenvalue weighted by molar-refractivity contribution is 5.33. The molecule has 0 bridgehead atoms. The van der Waals surface area contributed by atoms with Crippen LogP contribution in [0, 0.1) is 5.92 Å². The van der Waals surface area contributed by atoms with Crippen molar-refractivity contribution in [1.82, 2.24) is 25.1 Å². The zero-order chi connectivity index (χ0) is 13.8. The summed E-state index contributed by atoms with van der Waals surface area (Å²) in [6.45, 7) is 6.76. The molecule has 0 aliphatic heterocycles. The number of aromatic nitrogens is 5. The Morgan fingerprint density at radius 1 is 1.37 bits per heavy atom. The smallest absolute Gasteiger partial charge is 0.226 e. The molecule has 0 aliphatic rings. The average Bonchev–Trinajstić information content (AvgIpc) is 2.90. The van der Waals surface area contributed by atoms with Crippen LogP contribution in [0.2, 0.25) is 0 Å². The first-order valence-electron chi connectivity index (χ1n) is 6.59. The van der Waals surface area contributed by atoms with Crippen LogP contribution in [-0.4, -0.2) is 25.1 Å². The molecule has 0 radical (unpaired) electrons. The molecule has 19 heavy (non-hydrogen) atoms. The van der Waals surface area contributed by atoms with Gasteiger partial charge in [-0.2, -0.15) is 4.98 Å². The van der Waals surface area contributed by atoms with Gasteiger partial charge in [0.2, 0.25) is 5.89 Å². The van der Waals surface area contributed by atoms with Gasteiger partial charge in [0.1, 0.15) is 6.54 Å². The van der Waals surface area contributed by atoms with Gasteiger partial charge in [0.25, 0.3) is 0 Å². The van der Waals surface area contributed by atoms with Gasteiger partial charge < -0.3 is 10.3 Å². The molecule has 0 saturated carbocycles. The Bertz CT molecular complexity index is 530. The molecule has 0 spiro atoms. The largest absolute Gasteiger partial charge is 0.381 e.